The summed E-state index contributed by atoms with van der Waals surface area (Å²) in [5.74, 6) is 2.78. The van der Waals surface area contributed by atoms with Crippen LogP contribution in [0.25, 0.3) is 0 Å². The minimum absolute atomic E-state index is 0.0198. The summed E-state index contributed by atoms with van der Waals surface area (Å²) in [6.07, 6.45) is 0. The van der Waals surface area contributed by atoms with Gasteiger partial charge in [0.15, 0.2) is 0 Å². The van der Waals surface area contributed by atoms with Crippen molar-refractivity contribution in [2.45, 2.75) is 113 Å². The highest BCUT2D eigenvalue weighted by Crippen LogP contribution is 2.47. The lowest BCUT2D eigenvalue weighted by Crippen LogP contribution is -2.57. The number of aliphatic imine (C=N–C) groups is 1. The molecule has 0 saturated heterocycles. The van der Waals surface area contributed by atoms with Crippen molar-refractivity contribution in [3.63, 3.8) is 0 Å². The molecule has 0 saturated carbocycles. The Morgan fingerprint density at radius 3 is 1.63 bits per heavy atom. The van der Waals surface area contributed by atoms with Crippen molar-refractivity contribution < 1.29 is 4.74 Å². The fraction of sp³-hybridized carbons (Fsp3) is 0.354. The second-order valence-electron chi connectivity index (χ2n) is 18.0. The van der Waals surface area contributed by atoms with Gasteiger partial charge in [-0.15, -0.1) is 11.6 Å². The summed E-state index contributed by atoms with van der Waals surface area (Å²) in [4.78, 5) is 5.38. The second-order valence-corrected chi connectivity index (χ2v) is 20.7. The predicted octanol–water partition coefficient (Wildman–Crippen LogP) is 9.72. The molecule has 0 N–H and O–H groups in total. The van der Waals surface area contributed by atoms with Crippen LogP contribution < -0.4 is 26.3 Å². The van der Waals surface area contributed by atoms with Crippen molar-refractivity contribution in [2.24, 2.45) is 4.99 Å². The molecule has 0 aromatic heterocycles. The van der Waals surface area contributed by atoms with Gasteiger partial charge in [0, 0.05) is 32.8 Å². The first-order valence-corrected chi connectivity index (χ1v) is 21.9. The highest BCUT2D eigenvalue weighted by molar-refractivity contribution is 7.89. The molecule has 0 aliphatic carbocycles. The average molecular weight is 749 g/mol. The second kappa shape index (κ2) is 14.5. The molecule has 0 unspecified atom stereocenters. The molecule has 0 amide bonds. The maximum Gasteiger partial charge on any atom is 0.251 e. The minimum Gasteiger partial charge on any atom is -0.457 e. The number of aryl methyl sites for hydroxylation is 6. The molecule has 0 fully saturated rings. The SMILES string of the molecule is Cc1cc(C)c(B(c2cccc3c2Oc2c([Si](=S)N(C(=NC(C)(C)C)c4ccccc4)C(C)(C)C)cccc2C3(C)C)c2c(C)cc(C)cc2C)c(C)c1. The largest absolute Gasteiger partial charge is 0.457 e. The van der Waals surface area contributed by atoms with Crippen LogP contribution >= 0.6 is 11.6 Å². The standard InChI is InChI=1S/C48H57BN2OSSi/c1-30-26-32(3)41(33(4)27-30)49(42-34(5)28-31(2)29-35(42)6)39-24-18-22-37-43(39)52-44-38(48(37,13)14)23-19-25-40(44)54(53)51(47(10,11)12)45(50-46(7,8)9)36-20-16-15-17-21-36/h15-29H,1-14H3. The summed E-state index contributed by atoms with van der Waals surface area (Å²) in [5, 5.41) is 1.08. The van der Waals surface area contributed by atoms with Crippen molar-refractivity contribution in [3.05, 3.63) is 141 Å². The first kappa shape index (κ1) is 39.6. The Hall–Kier alpha value is -4.13. The molecule has 0 spiro atoms. The van der Waals surface area contributed by atoms with Gasteiger partial charge in [0.05, 0.1) is 5.54 Å². The molecule has 0 atom stereocenters. The van der Waals surface area contributed by atoms with Crippen LogP contribution in [0.5, 0.6) is 11.5 Å². The zero-order valence-corrected chi connectivity index (χ0v) is 36.8. The van der Waals surface area contributed by atoms with Crippen LogP contribution in [0.1, 0.15) is 105 Å². The Labute approximate surface area is 332 Å². The maximum atomic E-state index is 7.47. The van der Waals surface area contributed by atoms with Crippen molar-refractivity contribution >= 4 is 53.4 Å². The number of amidine groups is 1. The van der Waals surface area contributed by atoms with Gasteiger partial charge in [0.25, 0.3) is 7.67 Å². The molecule has 3 nitrogen and oxygen atoms in total. The minimum atomic E-state index is -1.88. The van der Waals surface area contributed by atoms with E-state index in [9.17, 15) is 0 Å². The number of hydrogen-bond acceptors (Lipinski definition) is 3. The number of ether oxygens (including phenoxy) is 1. The summed E-state index contributed by atoms with van der Waals surface area (Å²) in [6.45, 7) is 31.4. The maximum absolute atomic E-state index is 7.47. The number of hydrogen-bond donors (Lipinski definition) is 0. The van der Waals surface area contributed by atoms with E-state index < -0.39 is 7.67 Å². The van der Waals surface area contributed by atoms with E-state index in [0.29, 0.717) is 0 Å². The molecular formula is C48H57BN2OSSi. The third kappa shape index (κ3) is 7.44. The monoisotopic (exact) mass is 748 g/mol. The van der Waals surface area contributed by atoms with Crippen molar-refractivity contribution in [3.8, 4) is 11.5 Å². The fourth-order valence-corrected chi connectivity index (χ4v) is 12.1. The molecular weight excluding hydrogens is 692 g/mol. The van der Waals surface area contributed by atoms with E-state index >= 15 is 0 Å². The van der Waals surface area contributed by atoms with E-state index in [0.717, 1.165) is 28.1 Å². The van der Waals surface area contributed by atoms with Crippen LogP contribution in [0, 0.1) is 41.5 Å². The van der Waals surface area contributed by atoms with E-state index in [1.54, 1.807) is 0 Å². The van der Waals surface area contributed by atoms with E-state index in [1.165, 1.54) is 60.9 Å². The van der Waals surface area contributed by atoms with Crippen molar-refractivity contribution in [1.29, 1.82) is 0 Å². The molecule has 6 heteroatoms. The molecule has 54 heavy (non-hydrogen) atoms. The zero-order valence-electron chi connectivity index (χ0n) is 34.9. The lowest BCUT2D eigenvalue weighted by Gasteiger charge is -2.41. The van der Waals surface area contributed by atoms with Gasteiger partial charge in [-0.2, -0.15) is 0 Å². The summed E-state index contributed by atoms with van der Waals surface area (Å²) in [6, 6.07) is 33.3. The Morgan fingerprint density at radius 1 is 0.667 bits per heavy atom. The Balaban J connectivity index is 1.61. The van der Waals surface area contributed by atoms with Gasteiger partial charge in [-0.3, -0.25) is 4.99 Å². The topological polar surface area (TPSA) is 24.8 Å². The predicted molar refractivity (Wildman–Crippen MR) is 238 cm³/mol. The molecule has 278 valence electrons. The Kier molecular flexibility index (Phi) is 10.6. The highest BCUT2D eigenvalue weighted by atomic mass is 32.2. The molecule has 6 rings (SSSR count). The normalized spacial score (nSPS) is 13.9. The number of para-hydroxylation sites is 2. The molecule has 0 radical (unpaired) electrons. The van der Waals surface area contributed by atoms with Crippen molar-refractivity contribution in [2.75, 3.05) is 0 Å². The van der Waals surface area contributed by atoms with Crippen LogP contribution in [0.2, 0.25) is 0 Å². The van der Waals surface area contributed by atoms with Crippen LogP contribution in [0.4, 0.5) is 0 Å². The first-order chi connectivity index (χ1) is 25.2. The molecule has 5 aromatic rings. The molecule has 1 aliphatic rings. The molecule has 5 aromatic carbocycles. The van der Waals surface area contributed by atoms with Gasteiger partial charge in [0.1, 0.15) is 17.3 Å². The molecule has 0 bridgehead atoms. The number of nitrogens with zero attached hydrogens (tertiary/aromatic N) is 2. The lowest BCUT2D eigenvalue weighted by atomic mass is 9.33. The Bertz CT molecular complexity index is 2190. The van der Waals surface area contributed by atoms with E-state index in [2.05, 4.69) is 192 Å². The summed E-state index contributed by atoms with van der Waals surface area (Å²) in [5.41, 5.74) is 14.1. The number of benzene rings is 5. The number of rotatable bonds is 6. The van der Waals surface area contributed by atoms with E-state index in [-0.39, 0.29) is 23.2 Å². The quantitative estimate of drug-likeness (QED) is 0.0983. The van der Waals surface area contributed by atoms with E-state index in [1.807, 2.05) is 0 Å². The first-order valence-electron chi connectivity index (χ1n) is 19.3. The van der Waals surface area contributed by atoms with Gasteiger partial charge in [-0.25, -0.2) is 0 Å². The molecule has 1 heterocycles. The smallest absolute Gasteiger partial charge is 0.251 e. The van der Waals surface area contributed by atoms with Crippen LogP contribution in [0.15, 0.2) is 96.0 Å². The lowest BCUT2D eigenvalue weighted by molar-refractivity contribution is 0.356. The fourth-order valence-electron chi connectivity index (χ4n) is 8.68. The highest BCUT2D eigenvalue weighted by Gasteiger charge is 2.42. The van der Waals surface area contributed by atoms with E-state index in [4.69, 9.17) is 21.4 Å². The van der Waals surface area contributed by atoms with Crippen LogP contribution in [-0.4, -0.2) is 35.9 Å². The Morgan fingerprint density at radius 2 is 1.15 bits per heavy atom. The van der Waals surface area contributed by atoms with Crippen LogP contribution in [-0.2, 0) is 5.41 Å². The summed E-state index contributed by atoms with van der Waals surface area (Å²) in [7, 11) is -1.88. The van der Waals surface area contributed by atoms with Gasteiger partial charge >= 0.3 is 0 Å². The van der Waals surface area contributed by atoms with Gasteiger partial charge in [-0.1, -0.05) is 149 Å². The number of fused-ring (bicyclic) bond motifs is 2. The third-order valence-electron chi connectivity index (χ3n) is 10.8. The molecule has 1 aliphatic heterocycles. The van der Waals surface area contributed by atoms with Crippen molar-refractivity contribution in [1.82, 2.24) is 4.57 Å². The van der Waals surface area contributed by atoms with Crippen LogP contribution in [0.3, 0.4) is 0 Å². The summed E-state index contributed by atoms with van der Waals surface area (Å²) >= 11 is 6.80. The zero-order chi connectivity index (χ0) is 39.5. The summed E-state index contributed by atoms with van der Waals surface area (Å²) < 4.78 is 9.89. The van der Waals surface area contributed by atoms with Gasteiger partial charge < -0.3 is 9.30 Å². The third-order valence-corrected chi connectivity index (χ3v) is 14.1. The van der Waals surface area contributed by atoms with Gasteiger partial charge in [-0.05, 0) is 88.5 Å². The van der Waals surface area contributed by atoms with Gasteiger partial charge in [0.2, 0.25) is 6.71 Å². The average Bonchev–Trinajstić information content (AvgIpc) is 3.05.